The number of carbonyl (C=O) groups is 2. The molecule has 4 heteroatoms. The molecule has 4 unspecified atom stereocenters. The van der Waals surface area contributed by atoms with E-state index in [-0.39, 0.29) is 5.41 Å². The number of aliphatic hydroxyl groups is 1. The Morgan fingerprint density at radius 2 is 1.93 bits per heavy atom. The number of rotatable bonds is 4. The number of methoxy groups -OCH3 is 1. The molecule has 0 heterocycles. The molecule has 4 aliphatic rings. The van der Waals surface area contributed by atoms with Gasteiger partial charge in [0, 0.05) is 6.42 Å². The average Bonchev–Trinajstić information content (AvgIpc) is 3.05. The summed E-state index contributed by atoms with van der Waals surface area (Å²) < 4.78 is 4.73. The summed E-state index contributed by atoms with van der Waals surface area (Å²) in [4.78, 5) is 23.7. The molecule has 4 rings (SSSR count). The maximum atomic E-state index is 12.0. The van der Waals surface area contributed by atoms with Gasteiger partial charge in [0.25, 0.3) is 0 Å². The van der Waals surface area contributed by atoms with Crippen LogP contribution in [-0.4, -0.2) is 30.1 Å². The van der Waals surface area contributed by atoms with E-state index in [4.69, 9.17) is 4.74 Å². The fourth-order valence-corrected chi connectivity index (χ4v) is 8.28. The van der Waals surface area contributed by atoms with Gasteiger partial charge in [0.15, 0.2) is 11.9 Å². The molecule has 162 valence electrons. The Labute approximate surface area is 175 Å². The van der Waals surface area contributed by atoms with Gasteiger partial charge >= 0.3 is 5.97 Å². The molecule has 0 amide bonds. The maximum Gasteiger partial charge on any atom is 0.334 e. The summed E-state index contributed by atoms with van der Waals surface area (Å²) in [6.07, 6.45) is 10.5. The lowest BCUT2D eigenvalue weighted by atomic mass is 9.46. The highest BCUT2D eigenvalue weighted by atomic mass is 16.5. The highest BCUT2D eigenvalue weighted by Gasteiger charge is 2.59. The van der Waals surface area contributed by atoms with Crippen LogP contribution in [0.1, 0.15) is 78.6 Å². The first-order valence-electron chi connectivity index (χ1n) is 11.7. The molecule has 29 heavy (non-hydrogen) atoms. The molecule has 1 N–H and O–H groups in total. The van der Waals surface area contributed by atoms with E-state index in [2.05, 4.69) is 20.8 Å². The predicted octanol–water partition coefficient (Wildman–Crippen LogP) is 4.69. The molecule has 0 aromatic carbocycles. The van der Waals surface area contributed by atoms with Crippen LogP contribution in [0.3, 0.4) is 0 Å². The second-order valence-corrected chi connectivity index (χ2v) is 10.9. The molecule has 0 saturated heterocycles. The van der Waals surface area contributed by atoms with Gasteiger partial charge < -0.3 is 9.84 Å². The smallest absolute Gasteiger partial charge is 0.334 e. The van der Waals surface area contributed by atoms with E-state index < -0.39 is 12.1 Å². The topological polar surface area (TPSA) is 63.6 Å². The summed E-state index contributed by atoms with van der Waals surface area (Å²) in [6.45, 7) is 7.14. The summed E-state index contributed by atoms with van der Waals surface area (Å²) in [7, 11) is 1.34. The van der Waals surface area contributed by atoms with Gasteiger partial charge in [-0.1, -0.05) is 26.3 Å². The van der Waals surface area contributed by atoms with Crippen molar-refractivity contribution in [3.63, 3.8) is 0 Å². The van der Waals surface area contributed by atoms with E-state index in [1.54, 1.807) is 0 Å². The van der Waals surface area contributed by atoms with Crippen LogP contribution >= 0.6 is 0 Å². The Morgan fingerprint density at radius 3 is 2.66 bits per heavy atom. The molecule has 3 saturated carbocycles. The molecule has 0 bridgehead atoms. The summed E-state index contributed by atoms with van der Waals surface area (Å²) >= 11 is 0. The quantitative estimate of drug-likeness (QED) is 0.693. The number of carbonyl (C=O) groups excluding carboxylic acids is 2. The number of esters is 1. The van der Waals surface area contributed by atoms with E-state index in [1.807, 2.05) is 6.08 Å². The lowest BCUT2D eigenvalue weighted by Crippen LogP contribution is -2.51. The first-order chi connectivity index (χ1) is 13.7. The minimum Gasteiger partial charge on any atom is -0.467 e. The standard InChI is InChI=1S/C25H38O4/c1-15(13-22(27)23(28)29-4)19-7-8-20-18-6-5-16-14-17(26)9-11-24(16,2)21(18)10-12-25(19,20)3/h14-15,18-22,27H,5-13H2,1-4H3/t15?,18-,19+,20?,21?,22?,24-,25+/m0/s1. The minimum absolute atomic E-state index is 0.225. The van der Waals surface area contributed by atoms with Crippen LogP contribution in [0, 0.1) is 40.4 Å². The van der Waals surface area contributed by atoms with E-state index in [1.165, 1.54) is 44.8 Å². The number of fused-ring (bicyclic) bond motifs is 5. The van der Waals surface area contributed by atoms with Gasteiger partial charge in [-0.05, 0) is 97.9 Å². The second-order valence-electron chi connectivity index (χ2n) is 10.9. The van der Waals surface area contributed by atoms with Gasteiger partial charge in [-0.3, -0.25) is 4.79 Å². The Bertz CT molecular complexity index is 712. The van der Waals surface area contributed by atoms with Crippen molar-refractivity contribution >= 4 is 11.8 Å². The average molecular weight is 403 g/mol. The monoisotopic (exact) mass is 402 g/mol. The van der Waals surface area contributed by atoms with Crippen molar-refractivity contribution in [1.29, 1.82) is 0 Å². The van der Waals surface area contributed by atoms with Crippen molar-refractivity contribution in [2.24, 2.45) is 40.4 Å². The van der Waals surface area contributed by atoms with Crippen molar-refractivity contribution in [1.82, 2.24) is 0 Å². The Morgan fingerprint density at radius 1 is 1.17 bits per heavy atom. The molecular formula is C25H38O4. The maximum absolute atomic E-state index is 12.0. The third kappa shape index (κ3) is 3.30. The van der Waals surface area contributed by atoms with Gasteiger partial charge in [-0.2, -0.15) is 0 Å². The number of hydrogen-bond acceptors (Lipinski definition) is 4. The summed E-state index contributed by atoms with van der Waals surface area (Å²) in [6, 6.07) is 0. The molecule has 0 aromatic heterocycles. The lowest BCUT2D eigenvalue weighted by Gasteiger charge is -2.58. The fraction of sp³-hybridized carbons (Fsp3) is 0.840. The molecule has 0 radical (unpaired) electrons. The van der Waals surface area contributed by atoms with Crippen molar-refractivity contribution in [2.75, 3.05) is 7.11 Å². The first kappa shape index (κ1) is 21.1. The van der Waals surface area contributed by atoms with Crippen LogP contribution in [0.5, 0.6) is 0 Å². The normalized spacial score (nSPS) is 43.5. The summed E-state index contributed by atoms with van der Waals surface area (Å²) in [5.41, 5.74) is 1.96. The van der Waals surface area contributed by atoms with Crippen LogP contribution in [0.25, 0.3) is 0 Å². The molecule has 0 aliphatic heterocycles. The highest BCUT2D eigenvalue weighted by molar-refractivity contribution is 5.91. The van der Waals surface area contributed by atoms with E-state index in [0.717, 1.165) is 31.1 Å². The van der Waals surface area contributed by atoms with Crippen molar-refractivity contribution in [3.05, 3.63) is 11.6 Å². The zero-order valence-corrected chi connectivity index (χ0v) is 18.6. The van der Waals surface area contributed by atoms with Gasteiger partial charge in [-0.25, -0.2) is 4.79 Å². The van der Waals surface area contributed by atoms with Crippen LogP contribution in [0.4, 0.5) is 0 Å². The molecule has 4 nitrogen and oxygen atoms in total. The highest BCUT2D eigenvalue weighted by Crippen LogP contribution is 2.67. The molecule has 0 aromatic rings. The second kappa shape index (κ2) is 7.51. The largest absolute Gasteiger partial charge is 0.467 e. The first-order valence-corrected chi connectivity index (χ1v) is 11.7. The molecule has 3 fully saturated rings. The minimum atomic E-state index is -1.00. The van der Waals surface area contributed by atoms with E-state index in [9.17, 15) is 14.7 Å². The van der Waals surface area contributed by atoms with Gasteiger partial charge in [0.1, 0.15) is 0 Å². The third-order valence-corrected chi connectivity index (χ3v) is 9.79. The van der Waals surface area contributed by atoms with Gasteiger partial charge in [0.05, 0.1) is 7.11 Å². The molecule has 0 spiro atoms. The summed E-state index contributed by atoms with van der Waals surface area (Å²) in [5.74, 6) is 2.90. The third-order valence-electron chi connectivity index (χ3n) is 9.79. The number of ketones is 1. The molecule has 4 aliphatic carbocycles. The SMILES string of the molecule is COC(=O)C(O)CC(C)[C@H]1CCC2[C@@H]3CCC4=CC(=O)CC[C@]4(C)C3CC[C@@]21C. The predicted molar refractivity (Wildman–Crippen MR) is 112 cm³/mol. The zero-order valence-electron chi connectivity index (χ0n) is 18.6. The van der Waals surface area contributed by atoms with Crippen LogP contribution < -0.4 is 0 Å². The van der Waals surface area contributed by atoms with E-state index >= 15 is 0 Å². The fourth-order valence-electron chi connectivity index (χ4n) is 8.28. The zero-order chi connectivity index (χ0) is 21.0. The molecule has 8 atom stereocenters. The van der Waals surface area contributed by atoms with Crippen LogP contribution in [0.15, 0.2) is 11.6 Å². The Balaban J connectivity index is 1.52. The van der Waals surface area contributed by atoms with Crippen molar-refractivity contribution < 1.29 is 19.4 Å². The molecular weight excluding hydrogens is 364 g/mol. The Hall–Kier alpha value is -1.16. The lowest BCUT2D eigenvalue weighted by molar-refractivity contribution is -0.151. The van der Waals surface area contributed by atoms with Crippen molar-refractivity contribution in [3.8, 4) is 0 Å². The summed E-state index contributed by atoms with van der Waals surface area (Å²) in [5, 5.41) is 10.2. The number of ether oxygens (including phenoxy) is 1. The van der Waals surface area contributed by atoms with Crippen molar-refractivity contribution in [2.45, 2.75) is 84.7 Å². The van der Waals surface area contributed by atoms with E-state index in [0.29, 0.717) is 35.4 Å². The Kier molecular flexibility index (Phi) is 5.46. The number of aliphatic hydroxyl groups excluding tert-OH is 1. The van der Waals surface area contributed by atoms with Crippen LogP contribution in [-0.2, 0) is 14.3 Å². The van der Waals surface area contributed by atoms with Gasteiger partial charge in [0.2, 0.25) is 0 Å². The number of hydrogen-bond donors (Lipinski definition) is 1. The number of allylic oxidation sites excluding steroid dienone is 1. The van der Waals surface area contributed by atoms with Crippen LogP contribution in [0.2, 0.25) is 0 Å². The van der Waals surface area contributed by atoms with Gasteiger partial charge in [-0.15, -0.1) is 0 Å².